The Balaban J connectivity index is 1.39. The maximum atomic E-state index is 13.3. The monoisotopic (exact) mass is 479 g/mol. The topological polar surface area (TPSA) is 81.5 Å². The molecule has 2 aromatic rings. The molecule has 9 heteroatoms. The predicted molar refractivity (Wildman–Crippen MR) is 122 cm³/mol. The fraction of sp³-hybridized carbons (Fsp3) is 0.652. The lowest BCUT2D eigenvalue weighted by Gasteiger charge is -2.58. The number of hydrogen-bond donors (Lipinski definition) is 0. The van der Waals surface area contributed by atoms with Crippen LogP contribution in [0.15, 0.2) is 23.1 Å². The first-order valence-corrected chi connectivity index (χ1v) is 13.1. The van der Waals surface area contributed by atoms with Gasteiger partial charge in [-0.2, -0.15) is 0 Å². The average molecular weight is 480 g/mol. The second kappa shape index (κ2) is 7.43. The lowest BCUT2D eigenvalue weighted by atomic mass is 9.49. The standard InChI is InChI=1S/C23H30ClN3O4S/c1-4-27-19-6-5-17(32(29,30)26(2)3)8-18(19)25-20(27)13-31-21(28)22-9-15-7-16(10-22)12-23(24,11-15)14-22/h5-6,8,15-16H,4,7,9-14H2,1-3H3/t15-,16-,22?,23?/m0/s1. The van der Waals surface area contributed by atoms with Crippen LogP contribution in [0.2, 0.25) is 0 Å². The highest BCUT2D eigenvalue weighted by molar-refractivity contribution is 7.89. The Bertz CT molecular complexity index is 1180. The number of sulfonamides is 1. The number of aryl methyl sites for hydroxylation is 1. The maximum absolute atomic E-state index is 13.3. The van der Waals surface area contributed by atoms with Crippen molar-refractivity contribution in [1.82, 2.24) is 13.9 Å². The Kier molecular flexibility index (Phi) is 5.15. The molecule has 32 heavy (non-hydrogen) atoms. The van der Waals surface area contributed by atoms with E-state index in [0.717, 1.165) is 31.2 Å². The maximum Gasteiger partial charge on any atom is 0.312 e. The van der Waals surface area contributed by atoms with E-state index in [1.165, 1.54) is 24.8 Å². The fourth-order valence-corrected chi connectivity index (χ4v) is 8.28. The molecule has 174 valence electrons. The Labute approximate surface area is 194 Å². The summed E-state index contributed by atoms with van der Waals surface area (Å²) in [6, 6.07) is 4.94. The molecule has 0 unspecified atom stereocenters. The number of carbonyl (C=O) groups excluding carboxylic acids is 1. The van der Waals surface area contributed by atoms with Gasteiger partial charge in [0.25, 0.3) is 0 Å². The van der Waals surface area contributed by atoms with Crippen molar-refractivity contribution >= 4 is 38.6 Å². The highest BCUT2D eigenvalue weighted by atomic mass is 35.5. The molecule has 4 bridgehead atoms. The number of imidazole rings is 1. The zero-order valence-electron chi connectivity index (χ0n) is 18.8. The molecule has 1 aromatic carbocycles. The van der Waals surface area contributed by atoms with Crippen LogP contribution in [0, 0.1) is 17.3 Å². The molecule has 1 heterocycles. The van der Waals surface area contributed by atoms with Gasteiger partial charge < -0.3 is 9.30 Å². The lowest BCUT2D eigenvalue weighted by molar-refractivity contribution is -0.171. The van der Waals surface area contributed by atoms with Crippen molar-refractivity contribution < 1.29 is 17.9 Å². The van der Waals surface area contributed by atoms with E-state index in [2.05, 4.69) is 4.98 Å². The normalized spacial score (nSPS) is 31.5. The minimum atomic E-state index is -3.55. The number of hydrogen-bond acceptors (Lipinski definition) is 5. The molecule has 0 radical (unpaired) electrons. The number of alkyl halides is 1. The van der Waals surface area contributed by atoms with Crippen molar-refractivity contribution in [2.24, 2.45) is 17.3 Å². The summed E-state index contributed by atoms with van der Waals surface area (Å²) in [5.41, 5.74) is 0.947. The molecule has 4 fully saturated rings. The number of fused-ring (bicyclic) bond motifs is 1. The van der Waals surface area contributed by atoms with Gasteiger partial charge in [-0.1, -0.05) is 0 Å². The molecule has 0 spiro atoms. The van der Waals surface area contributed by atoms with Crippen molar-refractivity contribution in [3.63, 3.8) is 0 Å². The molecule has 0 amide bonds. The van der Waals surface area contributed by atoms with Crippen molar-refractivity contribution in [2.75, 3.05) is 14.1 Å². The van der Waals surface area contributed by atoms with E-state index in [1.54, 1.807) is 18.2 Å². The smallest absolute Gasteiger partial charge is 0.312 e. The second-order valence-corrected chi connectivity index (χ2v) is 13.1. The third-order valence-electron chi connectivity index (χ3n) is 7.65. The second-order valence-electron chi connectivity index (χ2n) is 10.2. The minimum Gasteiger partial charge on any atom is -0.457 e. The summed E-state index contributed by atoms with van der Waals surface area (Å²) >= 11 is 6.88. The van der Waals surface area contributed by atoms with Crippen LogP contribution in [0.1, 0.15) is 51.3 Å². The van der Waals surface area contributed by atoms with Gasteiger partial charge in [0.1, 0.15) is 12.4 Å². The number of benzene rings is 1. The van der Waals surface area contributed by atoms with Crippen LogP contribution in [0.5, 0.6) is 0 Å². The van der Waals surface area contributed by atoms with Crippen LogP contribution in [-0.4, -0.2) is 47.2 Å². The summed E-state index contributed by atoms with van der Waals surface area (Å²) in [5, 5.41) is 0. The van der Waals surface area contributed by atoms with E-state index in [1.807, 2.05) is 11.5 Å². The Morgan fingerprint density at radius 1 is 1.25 bits per heavy atom. The summed E-state index contributed by atoms with van der Waals surface area (Å²) in [4.78, 5) is 17.9. The van der Waals surface area contributed by atoms with Crippen molar-refractivity contribution in [1.29, 1.82) is 0 Å². The van der Waals surface area contributed by atoms with Crippen molar-refractivity contribution in [3.05, 3.63) is 24.0 Å². The van der Waals surface area contributed by atoms with Gasteiger partial charge >= 0.3 is 5.97 Å². The van der Waals surface area contributed by atoms with Crippen LogP contribution >= 0.6 is 11.6 Å². The van der Waals surface area contributed by atoms with Gasteiger partial charge in [-0.3, -0.25) is 4.79 Å². The SMILES string of the molecule is CCn1c(COC(=O)C23C[C@@H]4C[C@H](CC(Cl)(C4)C2)C3)nc2cc(S(=O)(=O)N(C)C)ccc21. The highest BCUT2D eigenvalue weighted by Gasteiger charge is 2.60. The number of carbonyl (C=O) groups is 1. The molecule has 4 aliphatic rings. The van der Waals surface area contributed by atoms with Crippen LogP contribution < -0.4 is 0 Å². The Morgan fingerprint density at radius 3 is 2.53 bits per heavy atom. The molecule has 0 saturated heterocycles. The van der Waals surface area contributed by atoms with Gasteiger partial charge in [-0.05, 0) is 75.5 Å². The van der Waals surface area contributed by atoms with Gasteiger partial charge in [-0.15, -0.1) is 11.6 Å². The van der Waals surface area contributed by atoms with Gasteiger partial charge in [-0.25, -0.2) is 17.7 Å². The molecule has 4 saturated carbocycles. The van der Waals surface area contributed by atoms with E-state index >= 15 is 0 Å². The van der Waals surface area contributed by atoms with Gasteiger partial charge in [0.15, 0.2) is 0 Å². The van der Waals surface area contributed by atoms with Crippen molar-refractivity contribution in [2.45, 2.75) is 68.4 Å². The van der Waals surface area contributed by atoms with Crippen LogP contribution in [0.3, 0.4) is 0 Å². The summed E-state index contributed by atoms with van der Waals surface area (Å²) in [6.45, 7) is 2.71. The molecule has 2 atom stereocenters. The number of esters is 1. The quantitative estimate of drug-likeness (QED) is 0.463. The Hall–Kier alpha value is -1.64. The lowest BCUT2D eigenvalue weighted by Crippen LogP contribution is -2.56. The third-order valence-corrected chi connectivity index (χ3v) is 9.90. The number of nitrogens with zero attached hydrogens (tertiary/aromatic N) is 3. The number of ether oxygens (including phenoxy) is 1. The minimum absolute atomic E-state index is 0.0729. The van der Waals surface area contributed by atoms with E-state index in [9.17, 15) is 13.2 Å². The van der Waals surface area contributed by atoms with Gasteiger partial charge in [0.2, 0.25) is 10.0 Å². The van der Waals surface area contributed by atoms with Gasteiger partial charge in [0.05, 0.1) is 21.3 Å². The van der Waals surface area contributed by atoms with E-state index < -0.39 is 15.4 Å². The predicted octanol–water partition coefficient (Wildman–Crippen LogP) is 3.93. The van der Waals surface area contributed by atoms with Gasteiger partial charge in [0, 0.05) is 25.5 Å². The zero-order valence-corrected chi connectivity index (χ0v) is 20.4. The van der Waals surface area contributed by atoms with Crippen LogP contribution in [0.25, 0.3) is 11.0 Å². The van der Waals surface area contributed by atoms with E-state index in [0.29, 0.717) is 36.1 Å². The Morgan fingerprint density at radius 2 is 1.94 bits per heavy atom. The van der Waals surface area contributed by atoms with Crippen molar-refractivity contribution in [3.8, 4) is 0 Å². The first-order chi connectivity index (χ1) is 15.1. The molecular formula is C23H30ClN3O4S. The molecule has 6 rings (SSSR count). The molecule has 0 aliphatic heterocycles. The van der Waals surface area contributed by atoms with Crippen LogP contribution in [0.4, 0.5) is 0 Å². The van der Waals surface area contributed by atoms with E-state index in [-0.39, 0.29) is 22.3 Å². The fourth-order valence-electron chi connectivity index (χ4n) is 6.67. The number of rotatable bonds is 6. The summed E-state index contributed by atoms with van der Waals surface area (Å²) in [5.74, 6) is 1.53. The zero-order chi connectivity index (χ0) is 22.9. The highest BCUT2D eigenvalue weighted by Crippen LogP contribution is 2.64. The summed E-state index contributed by atoms with van der Waals surface area (Å²) in [6.07, 6.45) is 5.70. The molecule has 7 nitrogen and oxygen atoms in total. The summed E-state index contributed by atoms with van der Waals surface area (Å²) in [7, 11) is -0.541. The number of halogens is 1. The number of aromatic nitrogens is 2. The summed E-state index contributed by atoms with van der Waals surface area (Å²) < 4.78 is 34.0. The molecule has 4 aliphatic carbocycles. The molecule has 1 aromatic heterocycles. The largest absolute Gasteiger partial charge is 0.457 e. The molecule has 0 N–H and O–H groups in total. The first kappa shape index (κ1) is 22.2. The van der Waals surface area contributed by atoms with Crippen LogP contribution in [-0.2, 0) is 32.7 Å². The van der Waals surface area contributed by atoms with E-state index in [4.69, 9.17) is 16.3 Å². The molecular weight excluding hydrogens is 450 g/mol. The average Bonchev–Trinajstić information content (AvgIpc) is 3.06. The first-order valence-electron chi connectivity index (χ1n) is 11.3. The third kappa shape index (κ3) is 3.46.